The van der Waals surface area contributed by atoms with Gasteiger partial charge in [0.05, 0.1) is 28.2 Å². The normalized spacial score (nSPS) is 16.7. The summed E-state index contributed by atoms with van der Waals surface area (Å²) in [5.41, 5.74) is 7.36. The van der Waals surface area contributed by atoms with E-state index < -0.39 is 23.6 Å². The molecule has 4 amide bonds. The topological polar surface area (TPSA) is 169 Å². The van der Waals surface area contributed by atoms with Crippen molar-refractivity contribution in [3.8, 4) is 10.4 Å². The highest BCUT2D eigenvalue weighted by Gasteiger charge is 2.44. The van der Waals surface area contributed by atoms with Gasteiger partial charge in [-0.15, -0.1) is 11.3 Å². The van der Waals surface area contributed by atoms with E-state index in [0.29, 0.717) is 25.8 Å². The van der Waals surface area contributed by atoms with Crippen molar-refractivity contribution in [1.29, 1.82) is 0 Å². The summed E-state index contributed by atoms with van der Waals surface area (Å²) < 4.78 is 0. The molecule has 1 saturated heterocycles. The first-order valence-electron chi connectivity index (χ1n) is 20.5. The number of H-pyrrole nitrogens is 1. The molecule has 5 N–H and O–H groups in total. The van der Waals surface area contributed by atoms with Gasteiger partial charge < -0.3 is 30.9 Å². The van der Waals surface area contributed by atoms with Crippen LogP contribution in [0, 0.1) is 12.3 Å². The number of carbonyl (C=O) groups is 4. The summed E-state index contributed by atoms with van der Waals surface area (Å²) in [4.78, 5) is 67.8. The number of hydrogen-bond donors (Lipinski definition) is 5. The molecule has 3 aromatic heterocycles. The van der Waals surface area contributed by atoms with Crippen LogP contribution in [0.4, 0.5) is 0 Å². The summed E-state index contributed by atoms with van der Waals surface area (Å²) in [7, 11) is 0. The third kappa shape index (κ3) is 10.7. The Hall–Kier alpha value is -5.14. The van der Waals surface area contributed by atoms with Crippen LogP contribution < -0.4 is 16.0 Å². The molecule has 58 heavy (non-hydrogen) atoms. The number of hydrogen-bond acceptors (Lipinski definition) is 8. The van der Waals surface area contributed by atoms with Crippen LogP contribution in [-0.2, 0) is 25.6 Å². The Labute approximate surface area is 344 Å². The molecule has 13 heteroatoms. The number of amides is 4. The average Bonchev–Trinajstić information content (AvgIpc) is 3.92. The summed E-state index contributed by atoms with van der Waals surface area (Å²) in [6.45, 7) is 10.2. The lowest BCUT2D eigenvalue weighted by atomic mass is 9.85. The minimum Gasteiger partial charge on any atom is -0.391 e. The zero-order valence-electron chi connectivity index (χ0n) is 34.3. The molecule has 1 aliphatic heterocycles. The first kappa shape index (κ1) is 42.5. The Morgan fingerprint density at radius 2 is 1.69 bits per heavy atom. The van der Waals surface area contributed by atoms with E-state index in [-0.39, 0.29) is 49.1 Å². The summed E-state index contributed by atoms with van der Waals surface area (Å²) in [6.07, 6.45) is 8.56. The van der Waals surface area contributed by atoms with Crippen LogP contribution in [0.3, 0.4) is 0 Å². The quantitative estimate of drug-likeness (QED) is 0.0637. The minimum atomic E-state index is -0.863. The van der Waals surface area contributed by atoms with Crippen molar-refractivity contribution >= 4 is 56.8 Å². The number of aliphatic hydroxyl groups is 1. The molecule has 0 bridgehead atoms. The first-order chi connectivity index (χ1) is 27.8. The molecule has 2 aromatic carbocycles. The fraction of sp³-hybridized carbons (Fsp3) is 0.467. The number of carbonyl (C=O) groups excluding carboxylic acids is 4. The lowest BCUT2D eigenvalue weighted by molar-refractivity contribution is -0.144. The number of likely N-dealkylation sites (tertiary alicyclic amines) is 1. The van der Waals surface area contributed by atoms with Gasteiger partial charge in [-0.1, -0.05) is 76.4 Å². The number of aliphatic hydroxyl groups excluding tert-OH is 1. The molecule has 0 saturated carbocycles. The number of thiazole rings is 1. The molecule has 0 radical (unpaired) electrons. The zero-order valence-corrected chi connectivity index (χ0v) is 35.1. The SMILES string of the molecule is Cc1ncsc1-c1ccc([C@H](C)NC(=O)[C@@H]2C[C@@H](O)CN2C(=O)C(NC(=O)CCCCCCCNC(=O)CCc2ccc3c(c2)[nH]c2ccncc23)C(C)(C)C)cc1. The van der Waals surface area contributed by atoms with E-state index in [1.54, 1.807) is 17.5 Å². The second-order valence-electron chi connectivity index (χ2n) is 16.7. The van der Waals surface area contributed by atoms with Crippen molar-refractivity contribution in [2.75, 3.05) is 13.1 Å². The zero-order chi connectivity index (χ0) is 41.4. The molecular weight excluding hydrogens is 751 g/mol. The second kappa shape index (κ2) is 19.1. The smallest absolute Gasteiger partial charge is 0.246 e. The molecule has 6 rings (SSSR count). The molecule has 1 fully saturated rings. The number of pyridine rings is 1. The van der Waals surface area contributed by atoms with Gasteiger partial charge in [-0.25, -0.2) is 4.98 Å². The minimum absolute atomic E-state index is 0.0251. The molecule has 1 unspecified atom stereocenters. The maximum atomic E-state index is 14.0. The van der Waals surface area contributed by atoms with Gasteiger partial charge in [0.1, 0.15) is 12.1 Å². The van der Waals surface area contributed by atoms with E-state index in [0.717, 1.165) is 74.8 Å². The molecule has 1 aliphatic rings. The Morgan fingerprint density at radius 1 is 0.931 bits per heavy atom. The van der Waals surface area contributed by atoms with Gasteiger partial charge in [-0.05, 0) is 67.3 Å². The van der Waals surface area contributed by atoms with Crippen LogP contribution in [0.5, 0.6) is 0 Å². The third-order valence-electron chi connectivity index (χ3n) is 11.1. The van der Waals surface area contributed by atoms with Gasteiger partial charge in [0, 0.05) is 66.6 Å². The highest BCUT2D eigenvalue weighted by Crippen LogP contribution is 2.30. The van der Waals surface area contributed by atoms with Crippen molar-refractivity contribution < 1.29 is 24.3 Å². The van der Waals surface area contributed by atoms with Gasteiger partial charge in [0.15, 0.2) is 0 Å². The second-order valence-corrected chi connectivity index (χ2v) is 17.5. The van der Waals surface area contributed by atoms with Crippen LogP contribution in [0.15, 0.2) is 66.4 Å². The number of aryl methyl sites for hydroxylation is 2. The molecule has 12 nitrogen and oxygen atoms in total. The molecule has 5 aromatic rings. The maximum Gasteiger partial charge on any atom is 0.246 e. The van der Waals surface area contributed by atoms with Crippen LogP contribution in [0.2, 0.25) is 0 Å². The summed E-state index contributed by atoms with van der Waals surface area (Å²) in [5, 5.41) is 21.9. The Balaban J connectivity index is 0.890. The molecule has 4 atom stereocenters. The van der Waals surface area contributed by atoms with E-state index in [2.05, 4.69) is 49.1 Å². The van der Waals surface area contributed by atoms with E-state index in [1.165, 1.54) is 4.90 Å². The number of rotatable bonds is 17. The summed E-state index contributed by atoms with van der Waals surface area (Å²) in [5.74, 6) is -0.886. The third-order valence-corrected chi connectivity index (χ3v) is 12.0. The van der Waals surface area contributed by atoms with Gasteiger partial charge >= 0.3 is 0 Å². The standard InChI is InChI=1S/C45H57N7O5S/c1-28(31-14-16-32(17-15-31)41-29(2)48-27-58-41)49-43(56)38-24-33(53)26-52(38)44(57)42(45(3,4)5)51-40(55)11-9-7-6-8-10-21-47-39(54)19-13-30-12-18-34-35-25-46-22-20-36(35)50-37(34)23-30/h12,14-18,20,22-23,25,27-28,33,38,42,50,53H,6-11,13,19,21,24,26H2,1-5H3,(H,47,54)(H,49,56)(H,51,55)/t28-,33+,38-,42?/m0/s1. The lowest BCUT2D eigenvalue weighted by Crippen LogP contribution is -2.57. The molecule has 0 aliphatic carbocycles. The Bertz CT molecular complexity index is 2210. The van der Waals surface area contributed by atoms with Crippen molar-refractivity contribution in [3.63, 3.8) is 0 Å². The van der Waals surface area contributed by atoms with Gasteiger partial charge in [-0.3, -0.25) is 24.2 Å². The number of benzene rings is 2. The lowest BCUT2D eigenvalue weighted by Gasteiger charge is -2.35. The van der Waals surface area contributed by atoms with Crippen LogP contribution in [0.25, 0.3) is 32.2 Å². The monoisotopic (exact) mass is 807 g/mol. The number of nitrogens with zero attached hydrogens (tertiary/aromatic N) is 3. The number of unbranched alkanes of at least 4 members (excludes halogenated alkanes) is 4. The van der Waals surface area contributed by atoms with Gasteiger partial charge in [-0.2, -0.15) is 0 Å². The van der Waals surface area contributed by atoms with Crippen molar-refractivity contribution in [2.24, 2.45) is 5.41 Å². The number of aromatic amines is 1. The van der Waals surface area contributed by atoms with E-state index in [1.807, 2.05) is 76.7 Å². The van der Waals surface area contributed by atoms with E-state index >= 15 is 0 Å². The van der Waals surface area contributed by atoms with Gasteiger partial charge in [0.25, 0.3) is 0 Å². The summed E-state index contributed by atoms with van der Waals surface area (Å²) in [6, 6.07) is 14.2. The van der Waals surface area contributed by atoms with Crippen LogP contribution in [0.1, 0.15) is 102 Å². The number of nitrogens with one attached hydrogen (secondary N) is 4. The number of β-amino-alcohol motifs (C(OH)–C–C–N with tert-alkyl or cyclic N) is 1. The predicted molar refractivity (Wildman–Crippen MR) is 229 cm³/mol. The maximum absolute atomic E-state index is 14.0. The number of fused-ring (bicyclic) bond motifs is 3. The highest BCUT2D eigenvalue weighted by molar-refractivity contribution is 7.13. The van der Waals surface area contributed by atoms with E-state index in [4.69, 9.17) is 0 Å². The first-order valence-corrected chi connectivity index (χ1v) is 21.4. The molecule has 4 heterocycles. The summed E-state index contributed by atoms with van der Waals surface area (Å²) >= 11 is 1.58. The Morgan fingerprint density at radius 3 is 2.43 bits per heavy atom. The number of aromatic nitrogens is 3. The predicted octanol–water partition coefficient (Wildman–Crippen LogP) is 6.91. The van der Waals surface area contributed by atoms with Crippen molar-refractivity contribution in [1.82, 2.24) is 35.8 Å². The highest BCUT2D eigenvalue weighted by atomic mass is 32.1. The van der Waals surface area contributed by atoms with Crippen LogP contribution in [-0.4, -0.2) is 79.9 Å². The van der Waals surface area contributed by atoms with Crippen LogP contribution >= 0.6 is 11.3 Å². The Kier molecular flexibility index (Phi) is 14.0. The van der Waals surface area contributed by atoms with E-state index in [9.17, 15) is 24.3 Å². The molecule has 0 spiro atoms. The molecule has 308 valence electrons. The van der Waals surface area contributed by atoms with Crippen molar-refractivity contribution in [3.05, 3.63) is 83.3 Å². The van der Waals surface area contributed by atoms with Gasteiger partial charge in [0.2, 0.25) is 23.6 Å². The molecular formula is C45H57N7O5S. The van der Waals surface area contributed by atoms with Crippen molar-refractivity contribution in [2.45, 2.75) is 117 Å². The average molecular weight is 808 g/mol. The fourth-order valence-electron chi connectivity index (χ4n) is 7.71. The fourth-order valence-corrected chi connectivity index (χ4v) is 8.52. The largest absolute Gasteiger partial charge is 0.391 e.